The van der Waals surface area contributed by atoms with Gasteiger partial charge in [0.05, 0.1) is 10.4 Å². The first-order valence-electron chi connectivity index (χ1n) is 4.54. The van der Waals surface area contributed by atoms with Crippen LogP contribution in [0.5, 0.6) is 0 Å². The molecule has 0 aliphatic carbocycles. The van der Waals surface area contributed by atoms with Gasteiger partial charge >= 0.3 is 5.97 Å². The van der Waals surface area contributed by atoms with Crippen molar-refractivity contribution in [3.8, 4) is 11.8 Å². The lowest BCUT2D eigenvalue weighted by atomic mass is 10.2. The van der Waals surface area contributed by atoms with Crippen LogP contribution in [0.2, 0.25) is 0 Å². The monoisotopic (exact) mass is 254 g/mol. The molecule has 0 unspecified atom stereocenters. The van der Waals surface area contributed by atoms with Gasteiger partial charge in [-0.3, -0.25) is 4.79 Å². The number of thiophene rings is 1. The lowest BCUT2D eigenvalue weighted by Gasteiger charge is -1.90. The van der Waals surface area contributed by atoms with Crippen LogP contribution in [0.25, 0.3) is 0 Å². The summed E-state index contributed by atoms with van der Waals surface area (Å²) in [4.78, 5) is 21.9. The molecule has 0 bridgehead atoms. The van der Waals surface area contributed by atoms with E-state index >= 15 is 0 Å². The molecule has 0 spiro atoms. The summed E-state index contributed by atoms with van der Waals surface area (Å²) in [5, 5.41) is 10.6. The molecule has 16 heavy (non-hydrogen) atoms. The molecular formula is C11H10O3S2. The Labute approximate surface area is 102 Å². The van der Waals surface area contributed by atoms with Crippen molar-refractivity contribution in [1.29, 1.82) is 0 Å². The predicted octanol–water partition coefficient (Wildman–Crippen LogP) is 2.47. The normalized spacial score (nSPS) is 9.31. The fourth-order valence-corrected chi connectivity index (χ4v) is 2.21. The number of carbonyl (C=O) groups excluding carboxylic acids is 1. The molecule has 3 nitrogen and oxygen atoms in total. The van der Waals surface area contributed by atoms with Crippen molar-refractivity contribution >= 4 is 34.2 Å². The summed E-state index contributed by atoms with van der Waals surface area (Å²) < 4.78 is 0. The van der Waals surface area contributed by atoms with E-state index in [9.17, 15) is 9.59 Å². The van der Waals surface area contributed by atoms with Crippen LogP contribution >= 0.6 is 23.1 Å². The molecule has 0 saturated heterocycles. The number of carboxylic acids is 1. The van der Waals surface area contributed by atoms with Gasteiger partial charge in [0.1, 0.15) is 0 Å². The van der Waals surface area contributed by atoms with Gasteiger partial charge in [0.2, 0.25) is 0 Å². The average Bonchev–Trinajstić information content (AvgIpc) is 2.65. The molecule has 0 amide bonds. The quantitative estimate of drug-likeness (QED) is 0.665. The summed E-state index contributed by atoms with van der Waals surface area (Å²) in [5.41, 5.74) is 0.247. The summed E-state index contributed by atoms with van der Waals surface area (Å²) in [5.74, 6) is 5.37. The third kappa shape index (κ3) is 4.09. The first-order chi connectivity index (χ1) is 7.61. The zero-order chi connectivity index (χ0) is 12.0. The molecule has 0 fully saturated rings. The molecule has 0 saturated carbocycles. The van der Waals surface area contributed by atoms with Crippen molar-refractivity contribution in [3.63, 3.8) is 0 Å². The summed E-state index contributed by atoms with van der Waals surface area (Å²) in [6.07, 6.45) is 0.585. The number of aromatic carboxylic acids is 1. The van der Waals surface area contributed by atoms with E-state index in [4.69, 9.17) is 5.11 Å². The van der Waals surface area contributed by atoms with Gasteiger partial charge < -0.3 is 5.11 Å². The number of hydrogen-bond acceptors (Lipinski definition) is 4. The Kier molecular flexibility index (Phi) is 5.09. The number of carbonyl (C=O) groups is 2. The highest BCUT2D eigenvalue weighted by molar-refractivity contribution is 8.13. The molecule has 0 atom stereocenters. The highest BCUT2D eigenvalue weighted by Gasteiger charge is 2.08. The topological polar surface area (TPSA) is 54.4 Å². The number of carboxylic acid groups (broad SMARTS) is 1. The smallest absolute Gasteiger partial charge is 0.337 e. The van der Waals surface area contributed by atoms with Crippen LogP contribution in [0.1, 0.15) is 28.6 Å². The van der Waals surface area contributed by atoms with E-state index < -0.39 is 5.97 Å². The van der Waals surface area contributed by atoms with Gasteiger partial charge in [0.25, 0.3) is 0 Å². The summed E-state index contributed by atoms with van der Waals surface area (Å²) in [7, 11) is 0. The molecule has 0 aromatic carbocycles. The van der Waals surface area contributed by atoms with Gasteiger partial charge in [-0.1, -0.05) is 23.6 Å². The second kappa shape index (κ2) is 6.36. The molecule has 1 N–H and O–H groups in total. The first kappa shape index (κ1) is 12.8. The maximum Gasteiger partial charge on any atom is 0.337 e. The highest BCUT2D eigenvalue weighted by Crippen LogP contribution is 2.15. The zero-order valence-corrected chi connectivity index (χ0v) is 10.3. The van der Waals surface area contributed by atoms with Gasteiger partial charge in [0.15, 0.2) is 5.12 Å². The fourth-order valence-electron chi connectivity index (χ4n) is 0.963. The Morgan fingerprint density at radius 1 is 1.56 bits per heavy atom. The van der Waals surface area contributed by atoms with E-state index in [0.717, 1.165) is 0 Å². The van der Waals surface area contributed by atoms with Gasteiger partial charge in [-0.15, -0.1) is 11.3 Å². The molecule has 5 heteroatoms. The van der Waals surface area contributed by atoms with Gasteiger partial charge in [-0.25, -0.2) is 4.79 Å². The number of rotatable bonds is 3. The van der Waals surface area contributed by atoms with Crippen molar-refractivity contribution in [2.24, 2.45) is 0 Å². The van der Waals surface area contributed by atoms with E-state index in [1.165, 1.54) is 30.0 Å². The van der Waals surface area contributed by atoms with Crippen molar-refractivity contribution in [2.75, 3.05) is 5.75 Å². The van der Waals surface area contributed by atoms with Crippen LogP contribution in [0.3, 0.4) is 0 Å². The Hall–Kier alpha value is -1.25. The van der Waals surface area contributed by atoms with E-state index in [1.807, 2.05) is 0 Å². The number of hydrogen-bond donors (Lipinski definition) is 1. The number of thioether (sulfide) groups is 1. The Balaban J connectivity index is 2.53. The van der Waals surface area contributed by atoms with Crippen LogP contribution in [-0.2, 0) is 4.79 Å². The third-order valence-corrected chi connectivity index (χ3v) is 3.27. The second-order valence-electron chi connectivity index (χ2n) is 2.86. The zero-order valence-electron chi connectivity index (χ0n) is 8.65. The minimum absolute atomic E-state index is 0.0733. The van der Waals surface area contributed by atoms with Crippen LogP contribution in [0.15, 0.2) is 11.4 Å². The van der Waals surface area contributed by atoms with Gasteiger partial charge in [-0.2, -0.15) is 0 Å². The molecule has 1 aromatic rings. The largest absolute Gasteiger partial charge is 0.478 e. The predicted molar refractivity (Wildman–Crippen MR) is 65.9 cm³/mol. The van der Waals surface area contributed by atoms with Gasteiger partial charge in [0, 0.05) is 19.1 Å². The SMILES string of the molecule is CC(=O)SCCC#Cc1sccc1C(=O)O. The third-order valence-electron chi connectivity index (χ3n) is 1.63. The van der Waals surface area contributed by atoms with E-state index in [0.29, 0.717) is 17.1 Å². The summed E-state index contributed by atoms with van der Waals surface area (Å²) in [6.45, 7) is 1.51. The van der Waals surface area contributed by atoms with E-state index in [2.05, 4.69) is 11.8 Å². The van der Waals surface area contributed by atoms with Crippen molar-refractivity contribution in [3.05, 3.63) is 21.9 Å². The summed E-state index contributed by atoms with van der Waals surface area (Å²) >= 11 is 2.54. The second-order valence-corrected chi connectivity index (χ2v) is 5.05. The van der Waals surface area contributed by atoms with Crippen LogP contribution in [0, 0.1) is 11.8 Å². The minimum Gasteiger partial charge on any atom is -0.478 e. The lowest BCUT2D eigenvalue weighted by molar-refractivity contribution is -0.109. The standard InChI is InChI=1S/C11H10O3S2/c1-8(12)15-6-3-2-4-10-9(11(13)14)5-7-16-10/h5,7H,3,6H2,1H3,(H,13,14). The molecule has 1 heterocycles. The van der Waals surface area contributed by atoms with Crippen LogP contribution in [-0.4, -0.2) is 21.9 Å². The summed E-state index contributed by atoms with van der Waals surface area (Å²) in [6, 6.07) is 1.54. The first-order valence-corrected chi connectivity index (χ1v) is 6.41. The maximum atomic E-state index is 10.8. The Morgan fingerprint density at radius 3 is 2.94 bits per heavy atom. The Morgan fingerprint density at radius 2 is 2.31 bits per heavy atom. The van der Waals surface area contributed by atoms with Crippen molar-refractivity contribution < 1.29 is 14.7 Å². The molecule has 0 aliphatic heterocycles. The van der Waals surface area contributed by atoms with Crippen molar-refractivity contribution in [1.82, 2.24) is 0 Å². The molecule has 0 radical (unpaired) electrons. The molecule has 1 rings (SSSR count). The lowest BCUT2D eigenvalue weighted by Crippen LogP contribution is -1.95. The fraction of sp³-hybridized carbons (Fsp3) is 0.273. The molecular weight excluding hydrogens is 244 g/mol. The van der Waals surface area contributed by atoms with Gasteiger partial charge in [-0.05, 0) is 11.4 Å². The Bertz CT molecular complexity index is 451. The molecule has 84 valence electrons. The van der Waals surface area contributed by atoms with E-state index in [1.54, 1.807) is 11.4 Å². The molecule has 0 aliphatic rings. The maximum absolute atomic E-state index is 10.8. The highest BCUT2D eigenvalue weighted by atomic mass is 32.2. The van der Waals surface area contributed by atoms with E-state index in [-0.39, 0.29) is 10.7 Å². The van der Waals surface area contributed by atoms with Crippen LogP contribution in [0.4, 0.5) is 0 Å². The van der Waals surface area contributed by atoms with Crippen LogP contribution < -0.4 is 0 Å². The molecule has 1 aromatic heterocycles. The minimum atomic E-state index is -0.955. The van der Waals surface area contributed by atoms with Crippen molar-refractivity contribution in [2.45, 2.75) is 13.3 Å². The average molecular weight is 254 g/mol.